The second-order valence-electron chi connectivity index (χ2n) is 5.13. The number of benzene rings is 1. The second kappa shape index (κ2) is 6.62. The number of aromatic nitrogens is 1. The van der Waals surface area contributed by atoms with Crippen LogP contribution in [0.5, 0.6) is 0 Å². The molecule has 1 atom stereocenters. The van der Waals surface area contributed by atoms with Gasteiger partial charge in [0.1, 0.15) is 5.82 Å². The highest BCUT2D eigenvalue weighted by atomic mass is 19.1. The van der Waals surface area contributed by atoms with Crippen LogP contribution in [0.1, 0.15) is 41.9 Å². The van der Waals surface area contributed by atoms with E-state index in [4.69, 9.17) is 0 Å². The van der Waals surface area contributed by atoms with Gasteiger partial charge in [0.2, 0.25) is 0 Å². The zero-order valence-corrected chi connectivity index (χ0v) is 12.3. The van der Waals surface area contributed by atoms with Crippen molar-refractivity contribution in [2.45, 2.75) is 33.2 Å². The van der Waals surface area contributed by atoms with E-state index in [9.17, 15) is 4.39 Å². The van der Waals surface area contributed by atoms with Crippen LogP contribution >= 0.6 is 0 Å². The summed E-state index contributed by atoms with van der Waals surface area (Å²) in [5.74, 6) is -0.201. The monoisotopic (exact) mass is 272 g/mol. The van der Waals surface area contributed by atoms with Gasteiger partial charge >= 0.3 is 0 Å². The molecule has 0 saturated carbocycles. The summed E-state index contributed by atoms with van der Waals surface area (Å²) in [6, 6.07) is 10.9. The molecule has 0 aliphatic heterocycles. The van der Waals surface area contributed by atoms with E-state index in [0.29, 0.717) is 0 Å². The minimum absolute atomic E-state index is 0.00560. The third-order valence-electron chi connectivity index (χ3n) is 3.22. The highest BCUT2D eigenvalue weighted by Crippen LogP contribution is 2.23. The van der Waals surface area contributed by atoms with Gasteiger partial charge in [-0.1, -0.05) is 19.1 Å². The van der Waals surface area contributed by atoms with Gasteiger partial charge in [-0.2, -0.15) is 0 Å². The van der Waals surface area contributed by atoms with E-state index in [0.717, 1.165) is 35.5 Å². The predicted octanol–water partition coefficient (Wildman–Crippen LogP) is 3.93. The molecule has 106 valence electrons. The van der Waals surface area contributed by atoms with Crippen molar-refractivity contribution < 1.29 is 4.39 Å². The Morgan fingerprint density at radius 3 is 2.40 bits per heavy atom. The molecule has 0 fully saturated rings. The highest BCUT2D eigenvalue weighted by molar-refractivity contribution is 5.33. The molecule has 0 saturated heterocycles. The lowest BCUT2D eigenvalue weighted by Gasteiger charge is -2.20. The third kappa shape index (κ3) is 3.64. The molecule has 1 aromatic heterocycles. The van der Waals surface area contributed by atoms with Gasteiger partial charge < -0.3 is 5.32 Å². The fraction of sp³-hybridized carbons (Fsp3) is 0.353. The molecular weight excluding hydrogens is 251 g/mol. The van der Waals surface area contributed by atoms with Gasteiger partial charge in [-0.25, -0.2) is 4.39 Å². The van der Waals surface area contributed by atoms with Crippen molar-refractivity contribution in [2.24, 2.45) is 0 Å². The summed E-state index contributed by atoms with van der Waals surface area (Å²) in [6.45, 7) is 6.98. The topological polar surface area (TPSA) is 24.9 Å². The molecule has 0 bridgehead atoms. The smallest absolute Gasteiger partial charge is 0.123 e. The molecule has 0 spiro atoms. The molecule has 2 nitrogen and oxygen atoms in total. The summed E-state index contributed by atoms with van der Waals surface area (Å²) < 4.78 is 13.5. The van der Waals surface area contributed by atoms with Crippen LogP contribution in [0.3, 0.4) is 0 Å². The Morgan fingerprint density at radius 2 is 1.80 bits per heavy atom. The Labute approximate surface area is 120 Å². The van der Waals surface area contributed by atoms with Crippen molar-refractivity contribution in [2.75, 3.05) is 6.54 Å². The van der Waals surface area contributed by atoms with Crippen LogP contribution < -0.4 is 5.32 Å². The van der Waals surface area contributed by atoms with Crippen molar-refractivity contribution >= 4 is 0 Å². The first-order chi connectivity index (χ1) is 9.60. The number of hydrogen-bond acceptors (Lipinski definition) is 2. The van der Waals surface area contributed by atoms with Crippen LogP contribution in [0.25, 0.3) is 0 Å². The van der Waals surface area contributed by atoms with E-state index in [1.54, 1.807) is 12.1 Å². The van der Waals surface area contributed by atoms with Crippen LogP contribution in [-0.2, 0) is 0 Å². The minimum Gasteiger partial charge on any atom is -0.306 e. The third-order valence-corrected chi connectivity index (χ3v) is 3.22. The van der Waals surface area contributed by atoms with Crippen LogP contribution in [0.15, 0.2) is 36.4 Å². The van der Waals surface area contributed by atoms with Gasteiger partial charge in [0.25, 0.3) is 0 Å². The van der Waals surface area contributed by atoms with Gasteiger partial charge in [-0.3, -0.25) is 4.98 Å². The van der Waals surface area contributed by atoms with Crippen molar-refractivity contribution in [1.82, 2.24) is 10.3 Å². The Morgan fingerprint density at radius 1 is 1.10 bits per heavy atom. The Balaban J connectivity index is 2.41. The summed E-state index contributed by atoms with van der Waals surface area (Å²) in [4.78, 5) is 4.41. The Hall–Kier alpha value is -1.74. The first-order valence-electron chi connectivity index (χ1n) is 7.04. The maximum Gasteiger partial charge on any atom is 0.123 e. The van der Waals surface area contributed by atoms with Crippen molar-refractivity contribution in [1.29, 1.82) is 0 Å². The summed E-state index contributed by atoms with van der Waals surface area (Å²) in [7, 11) is 0. The van der Waals surface area contributed by atoms with Gasteiger partial charge in [0.05, 0.1) is 6.04 Å². The molecule has 1 heterocycles. The number of halogens is 1. The maximum absolute atomic E-state index is 13.5. The quantitative estimate of drug-likeness (QED) is 0.892. The molecule has 2 aromatic rings. The molecule has 0 aliphatic rings. The largest absolute Gasteiger partial charge is 0.306 e. The van der Waals surface area contributed by atoms with E-state index in [1.165, 1.54) is 6.07 Å². The molecule has 1 aromatic carbocycles. The lowest BCUT2D eigenvalue weighted by atomic mass is 9.98. The van der Waals surface area contributed by atoms with Crippen molar-refractivity contribution in [3.05, 3.63) is 64.7 Å². The first-order valence-corrected chi connectivity index (χ1v) is 7.04. The Kier molecular flexibility index (Phi) is 4.85. The summed E-state index contributed by atoms with van der Waals surface area (Å²) in [5.41, 5.74) is 4.05. The van der Waals surface area contributed by atoms with E-state index in [2.05, 4.69) is 29.4 Å². The lowest BCUT2D eigenvalue weighted by Crippen LogP contribution is -2.23. The number of aryl methyl sites for hydroxylation is 2. The van der Waals surface area contributed by atoms with Gasteiger partial charge in [0, 0.05) is 11.4 Å². The van der Waals surface area contributed by atoms with Crippen LogP contribution in [-0.4, -0.2) is 11.5 Å². The van der Waals surface area contributed by atoms with Gasteiger partial charge in [-0.15, -0.1) is 0 Å². The van der Waals surface area contributed by atoms with E-state index < -0.39 is 0 Å². The van der Waals surface area contributed by atoms with Crippen LogP contribution in [0.2, 0.25) is 0 Å². The SMILES string of the molecule is CCCNC(c1cccc(F)c1)c1cc(C)nc(C)c1. The number of hydrogen-bond donors (Lipinski definition) is 1. The predicted molar refractivity (Wildman–Crippen MR) is 80.2 cm³/mol. The maximum atomic E-state index is 13.5. The molecule has 0 aliphatic carbocycles. The lowest BCUT2D eigenvalue weighted by molar-refractivity contribution is 0.584. The number of rotatable bonds is 5. The van der Waals surface area contributed by atoms with E-state index in [1.807, 2.05) is 19.9 Å². The summed E-state index contributed by atoms with van der Waals surface area (Å²) >= 11 is 0. The second-order valence-corrected chi connectivity index (χ2v) is 5.13. The summed E-state index contributed by atoms with van der Waals surface area (Å²) in [6.07, 6.45) is 1.04. The van der Waals surface area contributed by atoms with E-state index >= 15 is 0 Å². The fourth-order valence-corrected chi connectivity index (χ4v) is 2.44. The number of nitrogens with one attached hydrogen (secondary N) is 1. The molecule has 1 unspecified atom stereocenters. The average molecular weight is 272 g/mol. The minimum atomic E-state index is -0.201. The number of pyridine rings is 1. The van der Waals surface area contributed by atoms with Gasteiger partial charge in [0.15, 0.2) is 0 Å². The van der Waals surface area contributed by atoms with Crippen molar-refractivity contribution in [3.8, 4) is 0 Å². The molecule has 3 heteroatoms. The molecule has 1 N–H and O–H groups in total. The van der Waals surface area contributed by atoms with Crippen LogP contribution in [0, 0.1) is 19.7 Å². The summed E-state index contributed by atoms with van der Waals surface area (Å²) in [5, 5.41) is 3.49. The van der Waals surface area contributed by atoms with Gasteiger partial charge in [-0.05, 0) is 62.2 Å². The van der Waals surface area contributed by atoms with E-state index in [-0.39, 0.29) is 11.9 Å². The highest BCUT2D eigenvalue weighted by Gasteiger charge is 2.14. The molecule has 20 heavy (non-hydrogen) atoms. The van der Waals surface area contributed by atoms with Crippen LogP contribution in [0.4, 0.5) is 4.39 Å². The molecule has 0 amide bonds. The Bertz CT molecular complexity index is 561. The molecule has 0 radical (unpaired) electrons. The molecule has 2 rings (SSSR count). The molecular formula is C17H21FN2. The van der Waals surface area contributed by atoms with Crippen molar-refractivity contribution in [3.63, 3.8) is 0 Å². The fourth-order valence-electron chi connectivity index (χ4n) is 2.44. The number of nitrogens with zero attached hydrogens (tertiary/aromatic N) is 1. The average Bonchev–Trinajstić information content (AvgIpc) is 2.38. The normalized spacial score (nSPS) is 12.4. The standard InChI is InChI=1S/C17H21FN2/c1-4-8-19-17(14-6-5-7-16(18)11-14)15-9-12(2)20-13(3)10-15/h5-7,9-11,17,19H,4,8H2,1-3H3. The first kappa shape index (κ1) is 14.7. The zero-order valence-electron chi connectivity index (χ0n) is 12.3. The zero-order chi connectivity index (χ0) is 14.5.